The summed E-state index contributed by atoms with van der Waals surface area (Å²) in [7, 11) is 0. The van der Waals surface area contributed by atoms with E-state index in [2.05, 4.69) is 33.8 Å². The van der Waals surface area contributed by atoms with Gasteiger partial charge in [-0.3, -0.25) is 4.79 Å². The maximum atomic E-state index is 12.4. The summed E-state index contributed by atoms with van der Waals surface area (Å²) in [5.74, 6) is 0.787. The normalized spacial score (nSPS) is 15.4. The van der Waals surface area contributed by atoms with Crippen LogP contribution in [0.3, 0.4) is 0 Å². The molecule has 0 aliphatic carbocycles. The van der Waals surface area contributed by atoms with Crippen LogP contribution in [-0.2, 0) is 6.54 Å². The van der Waals surface area contributed by atoms with Crippen molar-refractivity contribution in [3.8, 4) is 0 Å². The minimum absolute atomic E-state index is 0.197. The van der Waals surface area contributed by atoms with E-state index in [0.29, 0.717) is 24.0 Å². The van der Waals surface area contributed by atoms with Gasteiger partial charge in [0, 0.05) is 12.5 Å². The number of hydrogen-bond acceptors (Lipinski definition) is 4. The Morgan fingerprint density at radius 3 is 2.84 bits per heavy atom. The van der Waals surface area contributed by atoms with Gasteiger partial charge in [-0.1, -0.05) is 42.5 Å². The molecule has 128 valence electrons. The number of nitrogens with one attached hydrogen (secondary N) is 2. The van der Waals surface area contributed by atoms with Crippen LogP contribution >= 0.6 is 0 Å². The van der Waals surface area contributed by atoms with Crippen molar-refractivity contribution < 1.29 is 9.21 Å². The topological polar surface area (TPSA) is 67.2 Å². The molecular weight excluding hydrogens is 314 g/mol. The second-order valence-corrected chi connectivity index (χ2v) is 6.42. The molecule has 0 unspecified atom stereocenters. The Balaban J connectivity index is 1.44. The van der Waals surface area contributed by atoms with E-state index in [4.69, 9.17) is 4.42 Å². The smallest absolute Gasteiger partial charge is 0.273 e. The molecule has 2 aromatic carbocycles. The molecule has 3 aromatic rings. The molecule has 1 aliphatic heterocycles. The van der Waals surface area contributed by atoms with Gasteiger partial charge in [0.15, 0.2) is 11.6 Å². The van der Waals surface area contributed by atoms with Crippen LogP contribution in [0.15, 0.2) is 53.1 Å². The maximum Gasteiger partial charge on any atom is 0.273 e. The first-order valence-corrected chi connectivity index (χ1v) is 8.72. The summed E-state index contributed by atoms with van der Waals surface area (Å²) in [5, 5.41) is 8.59. The second-order valence-electron chi connectivity index (χ2n) is 6.42. The highest BCUT2D eigenvalue weighted by Gasteiger charge is 2.21. The van der Waals surface area contributed by atoms with Crippen molar-refractivity contribution in [2.45, 2.75) is 25.3 Å². The van der Waals surface area contributed by atoms with Crippen LogP contribution < -0.4 is 10.6 Å². The zero-order valence-corrected chi connectivity index (χ0v) is 14.0. The Bertz CT molecular complexity index is 876. The van der Waals surface area contributed by atoms with Crippen LogP contribution in [0.1, 0.15) is 40.7 Å². The molecule has 1 aliphatic rings. The average Bonchev–Trinajstić information content (AvgIpc) is 3.17. The van der Waals surface area contributed by atoms with Gasteiger partial charge < -0.3 is 15.1 Å². The third-order valence-corrected chi connectivity index (χ3v) is 4.76. The largest absolute Gasteiger partial charge is 0.448 e. The summed E-state index contributed by atoms with van der Waals surface area (Å²) in [5.41, 5.74) is 1.45. The van der Waals surface area contributed by atoms with E-state index in [1.807, 2.05) is 24.3 Å². The number of benzene rings is 2. The molecule has 1 fully saturated rings. The van der Waals surface area contributed by atoms with Crippen LogP contribution in [0.4, 0.5) is 0 Å². The monoisotopic (exact) mass is 335 g/mol. The molecule has 0 radical (unpaired) electrons. The molecule has 2 N–H and O–H groups in total. The number of amides is 1. The van der Waals surface area contributed by atoms with Crippen molar-refractivity contribution >= 4 is 16.7 Å². The summed E-state index contributed by atoms with van der Waals surface area (Å²) < 4.78 is 5.55. The van der Waals surface area contributed by atoms with Gasteiger partial charge in [0.1, 0.15) is 6.26 Å². The highest BCUT2D eigenvalue weighted by molar-refractivity contribution is 5.92. The fourth-order valence-electron chi connectivity index (χ4n) is 3.36. The average molecular weight is 335 g/mol. The quantitative estimate of drug-likeness (QED) is 0.768. The molecule has 1 aromatic heterocycles. The van der Waals surface area contributed by atoms with E-state index in [1.54, 1.807) is 0 Å². The van der Waals surface area contributed by atoms with Crippen LogP contribution in [0.2, 0.25) is 0 Å². The Labute approximate surface area is 146 Å². The Morgan fingerprint density at radius 1 is 1.16 bits per heavy atom. The van der Waals surface area contributed by atoms with Gasteiger partial charge in [0.2, 0.25) is 0 Å². The van der Waals surface area contributed by atoms with Crippen molar-refractivity contribution in [3.05, 3.63) is 65.9 Å². The SMILES string of the molecule is O=C(NCc1cccc2ccccc12)c1coc(C2CCNCC2)n1. The van der Waals surface area contributed by atoms with Gasteiger partial charge in [0.25, 0.3) is 5.91 Å². The number of carbonyl (C=O) groups excluding carboxylic acids is 1. The van der Waals surface area contributed by atoms with Crippen LogP contribution in [-0.4, -0.2) is 24.0 Å². The predicted molar refractivity (Wildman–Crippen MR) is 96.5 cm³/mol. The molecule has 0 bridgehead atoms. The number of carbonyl (C=O) groups is 1. The summed E-state index contributed by atoms with van der Waals surface area (Å²) in [6.07, 6.45) is 3.46. The summed E-state index contributed by atoms with van der Waals surface area (Å²) in [6.45, 7) is 2.40. The fourth-order valence-corrected chi connectivity index (χ4v) is 3.36. The zero-order valence-electron chi connectivity index (χ0n) is 14.0. The van der Waals surface area contributed by atoms with E-state index < -0.39 is 0 Å². The summed E-state index contributed by atoms with van der Waals surface area (Å²) in [4.78, 5) is 16.8. The lowest BCUT2D eigenvalue weighted by Crippen LogP contribution is -2.27. The van der Waals surface area contributed by atoms with Gasteiger partial charge in [0.05, 0.1) is 0 Å². The summed E-state index contributed by atoms with van der Waals surface area (Å²) >= 11 is 0. The standard InChI is InChI=1S/C20H21N3O2/c24-19(18-13-25-20(23-18)15-8-10-21-11-9-15)22-12-16-6-3-5-14-4-1-2-7-17(14)16/h1-7,13,15,21H,8-12H2,(H,22,24). The first kappa shape index (κ1) is 15.8. The highest BCUT2D eigenvalue weighted by Crippen LogP contribution is 2.24. The van der Waals surface area contributed by atoms with Crippen molar-refractivity contribution in [2.24, 2.45) is 0 Å². The number of rotatable bonds is 4. The molecule has 0 atom stereocenters. The Hall–Kier alpha value is -2.66. The number of piperidine rings is 1. The van der Waals surface area contributed by atoms with Crippen LogP contribution in [0.5, 0.6) is 0 Å². The van der Waals surface area contributed by atoms with Gasteiger partial charge in [-0.2, -0.15) is 0 Å². The van der Waals surface area contributed by atoms with Crippen molar-refractivity contribution in [1.29, 1.82) is 0 Å². The number of oxazole rings is 1. The Morgan fingerprint density at radius 2 is 1.96 bits per heavy atom. The first-order chi connectivity index (χ1) is 12.3. The van der Waals surface area contributed by atoms with Crippen molar-refractivity contribution in [2.75, 3.05) is 13.1 Å². The molecule has 2 heterocycles. The van der Waals surface area contributed by atoms with Gasteiger partial charge in [-0.15, -0.1) is 0 Å². The van der Waals surface area contributed by atoms with E-state index in [9.17, 15) is 4.79 Å². The lowest BCUT2D eigenvalue weighted by atomic mass is 9.98. The molecule has 4 rings (SSSR count). The molecule has 25 heavy (non-hydrogen) atoms. The third kappa shape index (κ3) is 3.42. The maximum absolute atomic E-state index is 12.4. The number of fused-ring (bicyclic) bond motifs is 1. The van der Waals surface area contributed by atoms with Crippen LogP contribution in [0.25, 0.3) is 10.8 Å². The minimum atomic E-state index is -0.197. The van der Waals surface area contributed by atoms with E-state index >= 15 is 0 Å². The Kier molecular flexibility index (Phi) is 4.48. The van der Waals surface area contributed by atoms with E-state index in [-0.39, 0.29) is 5.91 Å². The number of nitrogens with zero attached hydrogens (tertiary/aromatic N) is 1. The van der Waals surface area contributed by atoms with E-state index in [1.165, 1.54) is 11.6 Å². The van der Waals surface area contributed by atoms with Crippen molar-refractivity contribution in [3.63, 3.8) is 0 Å². The lowest BCUT2D eigenvalue weighted by molar-refractivity contribution is 0.0946. The molecule has 1 amide bonds. The second kappa shape index (κ2) is 7.07. The summed E-state index contributed by atoms with van der Waals surface area (Å²) in [6, 6.07) is 14.3. The number of aromatic nitrogens is 1. The van der Waals surface area contributed by atoms with Crippen molar-refractivity contribution in [1.82, 2.24) is 15.6 Å². The predicted octanol–water partition coefficient (Wildman–Crippen LogP) is 3.22. The van der Waals surface area contributed by atoms with Gasteiger partial charge >= 0.3 is 0 Å². The highest BCUT2D eigenvalue weighted by atomic mass is 16.3. The molecular formula is C20H21N3O2. The van der Waals surface area contributed by atoms with Crippen LogP contribution in [0, 0.1) is 0 Å². The fraction of sp³-hybridized carbons (Fsp3) is 0.300. The molecule has 5 heteroatoms. The molecule has 5 nitrogen and oxygen atoms in total. The van der Waals surface area contributed by atoms with Gasteiger partial charge in [-0.25, -0.2) is 4.98 Å². The lowest BCUT2D eigenvalue weighted by Gasteiger charge is -2.19. The van der Waals surface area contributed by atoms with E-state index in [0.717, 1.165) is 36.9 Å². The number of hydrogen-bond donors (Lipinski definition) is 2. The zero-order chi connectivity index (χ0) is 17.1. The minimum Gasteiger partial charge on any atom is -0.448 e. The molecule has 0 saturated carbocycles. The molecule has 1 saturated heterocycles. The van der Waals surface area contributed by atoms with Gasteiger partial charge in [-0.05, 0) is 42.3 Å². The molecule has 0 spiro atoms. The third-order valence-electron chi connectivity index (χ3n) is 4.76. The first-order valence-electron chi connectivity index (χ1n) is 8.72.